The summed E-state index contributed by atoms with van der Waals surface area (Å²) in [5.74, 6) is 0.635. The van der Waals surface area contributed by atoms with E-state index in [-0.39, 0.29) is 11.7 Å². The van der Waals surface area contributed by atoms with Crippen molar-refractivity contribution in [3.05, 3.63) is 29.8 Å². The molecule has 0 fully saturated rings. The smallest absolute Gasteiger partial charge is 0.245 e. The molecule has 0 heterocycles. The van der Waals surface area contributed by atoms with Crippen molar-refractivity contribution in [2.75, 3.05) is 20.8 Å². The van der Waals surface area contributed by atoms with Gasteiger partial charge in [-0.1, -0.05) is 0 Å². The number of rotatable bonds is 7. The zero-order valence-electron chi connectivity index (χ0n) is 11.5. The highest BCUT2D eigenvalue weighted by Crippen LogP contribution is 2.13. The number of nitrogens with zero attached hydrogens (tertiary/aromatic N) is 1. The summed E-state index contributed by atoms with van der Waals surface area (Å²) in [6.07, 6.45) is 0.983. The van der Waals surface area contributed by atoms with Gasteiger partial charge < -0.3 is 4.74 Å². The van der Waals surface area contributed by atoms with Crippen LogP contribution in [-0.2, 0) is 9.63 Å². The Morgan fingerprint density at radius 1 is 1.21 bits per heavy atom. The van der Waals surface area contributed by atoms with E-state index in [1.807, 2.05) is 0 Å². The summed E-state index contributed by atoms with van der Waals surface area (Å²) in [5, 5.41) is 1.20. The lowest BCUT2D eigenvalue weighted by atomic mass is 10.1. The number of Topliss-reactive ketones (excluding diaryl/α,β-unsaturated/α-hetero) is 1. The van der Waals surface area contributed by atoms with Crippen LogP contribution in [0.3, 0.4) is 0 Å². The zero-order valence-corrected chi connectivity index (χ0v) is 11.5. The molecule has 0 atom stereocenters. The predicted octanol–water partition coefficient (Wildman–Crippen LogP) is 2.07. The normalized spacial score (nSPS) is 10.1. The van der Waals surface area contributed by atoms with Gasteiger partial charge in [-0.2, -0.15) is 0 Å². The maximum Gasteiger partial charge on any atom is 0.245 e. The summed E-state index contributed by atoms with van der Waals surface area (Å²) in [7, 11) is 3.02. The van der Waals surface area contributed by atoms with E-state index in [9.17, 15) is 9.59 Å². The Kier molecular flexibility index (Phi) is 6.02. The molecule has 0 aliphatic rings. The number of hydrogen-bond donors (Lipinski definition) is 0. The van der Waals surface area contributed by atoms with E-state index in [0.717, 1.165) is 0 Å². The SMILES string of the molecule is CON(C)C(=O)CCCOc1ccc(C(C)=O)cc1. The van der Waals surface area contributed by atoms with Gasteiger partial charge in [-0.25, -0.2) is 5.06 Å². The molecular weight excluding hydrogens is 246 g/mol. The van der Waals surface area contributed by atoms with E-state index >= 15 is 0 Å². The number of hydrogen-bond acceptors (Lipinski definition) is 4. The van der Waals surface area contributed by atoms with E-state index in [4.69, 9.17) is 9.57 Å². The minimum absolute atomic E-state index is 0.0275. The average molecular weight is 265 g/mol. The lowest BCUT2D eigenvalue weighted by molar-refractivity contribution is -0.168. The Balaban J connectivity index is 2.30. The summed E-state index contributed by atoms with van der Waals surface area (Å²) >= 11 is 0. The minimum atomic E-state index is -0.0852. The van der Waals surface area contributed by atoms with Crippen LogP contribution < -0.4 is 4.74 Å². The molecule has 1 aromatic rings. The second kappa shape index (κ2) is 7.53. The van der Waals surface area contributed by atoms with Gasteiger partial charge in [0.05, 0.1) is 13.7 Å². The molecule has 0 radical (unpaired) electrons. The molecule has 104 valence electrons. The Morgan fingerprint density at radius 2 is 1.84 bits per heavy atom. The number of hydroxylamine groups is 2. The number of carbonyl (C=O) groups excluding carboxylic acids is 2. The minimum Gasteiger partial charge on any atom is -0.494 e. The maximum absolute atomic E-state index is 11.4. The monoisotopic (exact) mass is 265 g/mol. The van der Waals surface area contributed by atoms with Crippen molar-refractivity contribution in [2.45, 2.75) is 19.8 Å². The first-order chi connectivity index (χ1) is 9.04. The van der Waals surface area contributed by atoms with Gasteiger partial charge in [-0.3, -0.25) is 14.4 Å². The second-order valence-corrected chi connectivity index (χ2v) is 4.11. The fraction of sp³-hybridized carbons (Fsp3) is 0.429. The van der Waals surface area contributed by atoms with Gasteiger partial charge in [-0.15, -0.1) is 0 Å². The third kappa shape index (κ3) is 5.09. The molecule has 0 aliphatic carbocycles. The van der Waals surface area contributed by atoms with Crippen molar-refractivity contribution in [2.24, 2.45) is 0 Å². The second-order valence-electron chi connectivity index (χ2n) is 4.11. The Labute approximate surface area is 113 Å². The first-order valence-electron chi connectivity index (χ1n) is 6.09. The largest absolute Gasteiger partial charge is 0.494 e. The predicted molar refractivity (Wildman–Crippen MR) is 71.0 cm³/mol. The molecule has 5 heteroatoms. The van der Waals surface area contributed by atoms with Gasteiger partial charge in [0.1, 0.15) is 5.75 Å². The van der Waals surface area contributed by atoms with Crippen LogP contribution in [-0.4, -0.2) is 37.5 Å². The molecule has 0 unspecified atom stereocenters. The van der Waals surface area contributed by atoms with Crippen LogP contribution in [0.15, 0.2) is 24.3 Å². The van der Waals surface area contributed by atoms with Gasteiger partial charge in [0.2, 0.25) is 5.91 Å². The zero-order chi connectivity index (χ0) is 14.3. The summed E-state index contributed by atoms with van der Waals surface area (Å²) in [4.78, 5) is 27.3. The molecule has 0 bridgehead atoms. The molecule has 0 aromatic heterocycles. The summed E-state index contributed by atoms with van der Waals surface area (Å²) in [5.41, 5.74) is 0.657. The molecular formula is C14H19NO4. The number of ether oxygens (including phenoxy) is 1. The van der Waals surface area contributed by atoms with Crippen molar-refractivity contribution in [3.63, 3.8) is 0 Å². The Hall–Kier alpha value is -1.88. The molecule has 0 aliphatic heterocycles. The van der Waals surface area contributed by atoms with Gasteiger partial charge in [0.25, 0.3) is 0 Å². The van der Waals surface area contributed by atoms with E-state index in [0.29, 0.717) is 30.8 Å². The van der Waals surface area contributed by atoms with Crippen LogP contribution in [0.25, 0.3) is 0 Å². The van der Waals surface area contributed by atoms with Gasteiger partial charge in [0.15, 0.2) is 5.78 Å². The van der Waals surface area contributed by atoms with Crippen LogP contribution in [0.2, 0.25) is 0 Å². The molecule has 0 saturated heterocycles. The van der Waals surface area contributed by atoms with Crippen molar-refractivity contribution in [1.82, 2.24) is 5.06 Å². The van der Waals surface area contributed by atoms with Crippen molar-refractivity contribution >= 4 is 11.7 Å². The lowest BCUT2D eigenvalue weighted by Gasteiger charge is -2.13. The fourth-order valence-corrected chi connectivity index (χ4v) is 1.46. The third-order valence-electron chi connectivity index (χ3n) is 2.69. The van der Waals surface area contributed by atoms with Crippen LogP contribution in [0.5, 0.6) is 5.75 Å². The van der Waals surface area contributed by atoms with E-state index in [1.54, 1.807) is 31.3 Å². The standard InChI is InChI=1S/C14H19NO4/c1-11(16)12-6-8-13(9-7-12)19-10-4-5-14(17)15(2)18-3/h6-9H,4-5,10H2,1-3H3. The van der Waals surface area contributed by atoms with Crippen molar-refractivity contribution < 1.29 is 19.2 Å². The van der Waals surface area contributed by atoms with E-state index in [1.165, 1.54) is 19.1 Å². The number of ketones is 1. The lowest BCUT2D eigenvalue weighted by Crippen LogP contribution is -2.25. The Morgan fingerprint density at radius 3 is 2.37 bits per heavy atom. The maximum atomic E-state index is 11.4. The molecule has 1 aromatic carbocycles. The summed E-state index contributed by atoms with van der Waals surface area (Å²) < 4.78 is 5.48. The number of carbonyl (C=O) groups is 2. The number of benzene rings is 1. The van der Waals surface area contributed by atoms with E-state index in [2.05, 4.69) is 0 Å². The molecule has 1 rings (SSSR count). The quantitative estimate of drug-likeness (QED) is 0.430. The van der Waals surface area contributed by atoms with E-state index < -0.39 is 0 Å². The first kappa shape index (κ1) is 15.2. The fourth-order valence-electron chi connectivity index (χ4n) is 1.46. The molecule has 19 heavy (non-hydrogen) atoms. The van der Waals surface area contributed by atoms with Crippen molar-refractivity contribution in [1.29, 1.82) is 0 Å². The molecule has 0 saturated carbocycles. The van der Waals surface area contributed by atoms with Crippen LogP contribution in [0.1, 0.15) is 30.1 Å². The van der Waals surface area contributed by atoms with Crippen molar-refractivity contribution in [3.8, 4) is 5.75 Å². The highest BCUT2D eigenvalue weighted by atomic mass is 16.7. The Bertz CT molecular complexity index is 428. The first-order valence-corrected chi connectivity index (χ1v) is 6.09. The van der Waals surface area contributed by atoms with Crippen LogP contribution >= 0.6 is 0 Å². The molecule has 0 spiro atoms. The highest BCUT2D eigenvalue weighted by molar-refractivity contribution is 5.94. The van der Waals surface area contributed by atoms with Gasteiger partial charge >= 0.3 is 0 Å². The topological polar surface area (TPSA) is 55.8 Å². The molecule has 5 nitrogen and oxygen atoms in total. The van der Waals surface area contributed by atoms with Gasteiger partial charge in [-0.05, 0) is 37.6 Å². The summed E-state index contributed by atoms with van der Waals surface area (Å²) in [6.45, 7) is 1.97. The van der Waals surface area contributed by atoms with Crippen LogP contribution in [0, 0.1) is 0 Å². The van der Waals surface area contributed by atoms with Crippen LogP contribution in [0.4, 0.5) is 0 Å². The highest BCUT2D eigenvalue weighted by Gasteiger charge is 2.07. The summed E-state index contributed by atoms with van der Waals surface area (Å²) in [6, 6.07) is 6.95. The molecule has 1 amide bonds. The van der Waals surface area contributed by atoms with Gasteiger partial charge in [0, 0.05) is 19.0 Å². The third-order valence-corrected chi connectivity index (χ3v) is 2.69. The average Bonchev–Trinajstić information content (AvgIpc) is 2.42. The number of amides is 1. The molecule has 0 N–H and O–H groups in total.